The highest BCUT2D eigenvalue weighted by Crippen LogP contribution is 2.18. The van der Waals surface area contributed by atoms with E-state index in [4.69, 9.17) is 5.26 Å². The summed E-state index contributed by atoms with van der Waals surface area (Å²) < 4.78 is 0. The van der Waals surface area contributed by atoms with Crippen molar-refractivity contribution in [3.8, 4) is 6.07 Å². The number of hydrogen-bond donors (Lipinski definition) is 2. The van der Waals surface area contributed by atoms with Crippen LogP contribution < -0.4 is 5.32 Å². The fourth-order valence-corrected chi connectivity index (χ4v) is 2.39. The lowest BCUT2D eigenvalue weighted by Crippen LogP contribution is -2.44. The standard InChI is InChI=1S/C16H18N2O2/c17-11-13-5-3-4-12(10-13)8-9-16(20)18-14-6-1-2-7-15(14)19/h3-5,8-10,14-15,19H,1-2,6-7H2,(H,18,20)/b9-8+/t14-,15-/m0/s1. The van der Waals surface area contributed by atoms with Crippen LogP contribution in [0.4, 0.5) is 0 Å². The van der Waals surface area contributed by atoms with E-state index in [1.807, 2.05) is 6.07 Å². The summed E-state index contributed by atoms with van der Waals surface area (Å²) in [6.45, 7) is 0. The number of aliphatic hydroxyl groups excluding tert-OH is 1. The lowest BCUT2D eigenvalue weighted by molar-refractivity contribution is -0.118. The summed E-state index contributed by atoms with van der Waals surface area (Å²) in [7, 11) is 0. The van der Waals surface area contributed by atoms with E-state index in [-0.39, 0.29) is 11.9 Å². The number of hydrogen-bond acceptors (Lipinski definition) is 3. The molecule has 1 aliphatic carbocycles. The number of aliphatic hydroxyl groups is 1. The molecule has 0 aromatic heterocycles. The van der Waals surface area contributed by atoms with Gasteiger partial charge < -0.3 is 10.4 Å². The molecular formula is C16H18N2O2. The van der Waals surface area contributed by atoms with Crippen LogP contribution in [0.25, 0.3) is 6.08 Å². The van der Waals surface area contributed by atoms with Crippen molar-refractivity contribution in [2.75, 3.05) is 0 Å². The highest BCUT2D eigenvalue weighted by Gasteiger charge is 2.23. The number of carbonyl (C=O) groups excluding carboxylic acids is 1. The van der Waals surface area contributed by atoms with Crippen LogP contribution in [0.5, 0.6) is 0 Å². The first-order valence-corrected chi connectivity index (χ1v) is 6.86. The molecule has 1 fully saturated rings. The number of amides is 1. The van der Waals surface area contributed by atoms with Gasteiger partial charge in [-0.3, -0.25) is 4.79 Å². The maximum Gasteiger partial charge on any atom is 0.244 e. The van der Waals surface area contributed by atoms with Gasteiger partial charge in [0.05, 0.1) is 23.8 Å². The van der Waals surface area contributed by atoms with Gasteiger partial charge in [0.2, 0.25) is 5.91 Å². The minimum atomic E-state index is -0.442. The molecule has 1 aromatic carbocycles. The maximum absolute atomic E-state index is 11.8. The molecule has 0 radical (unpaired) electrons. The normalized spacial score (nSPS) is 22.4. The summed E-state index contributed by atoms with van der Waals surface area (Å²) >= 11 is 0. The van der Waals surface area contributed by atoms with Gasteiger partial charge in [0.15, 0.2) is 0 Å². The van der Waals surface area contributed by atoms with Crippen molar-refractivity contribution in [2.24, 2.45) is 0 Å². The van der Waals surface area contributed by atoms with E-state index in [2.05, 4.69) is 11.4 Å². The molecule has 2 N–H and O–H groups in total. The molecule has 0 unspecified atom stereocenters. The van der Waals surface area contributed by atoms with Crippen molar-refractivity contribution >= 4 is 12.0 Å². The fraction of sp³-hybridized carbons (Fsp3) is 0.375. The summed E-state index contributed by atoms with van der Waals surface area (Å²) in [4.78, 5) is 11.8. The number of nitrogens with one attached hydrogen (secondary N) is 1. The molecule has 2 rings (SSSR count). The highest BCUT2D eigenvalue weighted by molar-refractivity contribution is 5.92. The third-order valence-electron chi connectivity index (χ3n) is 3.50. The molecule has 0 aliphatic heterocycles. The number of nitrogens with zero attached hydrogens (tertiary/aromatic N) is 1. The smallest absolute Gasteiger partial charge is 0.244 e. The number of benzene rings is 1. The molecule has 2 atom stereocenters. The van der Waals surface area contributed by atoms with E-state index in [9.17, 15) is 9.90 Å². The summed E-state index contributed by atoms with van der Waals surface area (Å²) in [5.41, 5.74) is 1.37. The summed E-state index contributed by atoms with van der Waals surface area (Å²) in [6, 6.07) is 8.96. The number of nitriles is 1. The first kappa shape index (κ1) is 14.3. The summed E-state index contributed by atoms with van der Waals surface area (Å²) in [5, 5.41) is 21.4. The average Bonchev–Trinajstić information content (AvgIpc) is 2.48. The minimum absolute atomic E-state index is 0.147. The number of carbonyl (C=O) groups is 1. The third kappa shape index (κ3) is 3.94. The highest BCUT2D eigenvalue weighted by atomic mass is 16.3. The van der Waals surface area contributed by atoms with Gasteiger partial charge in [0.25, 0.3) is 0 Å². The van der Waals surface area contributed by atoms with Gasteiger partial charge >= 0.3 is 0 Å². The van der Waals surface area contributed by atoms with Gasteiger partial charge in [-0.2, -0.15) is 5.26 Å². The molecule has 0 saturated heterocycles. The monoisotopic (exact) mass is 270 g/mol. The lowest BCUT2D eigenvalue weighted by Gasteiger charge is -2.27. The maximum atomic E-state index is 11.8. The average molecular weight is 270 g/mol. The Labute approximate surface area is 118 Å². The van der Waals surface area contributed by atoms with Crippen LogP contribution in [0.2, 0.25) is 0 Å². The van der Waals surface area contributed by atoms with Crippen LogP contribution in [0.3, 0.4) is 0 Å². The van der Waals surface area contributed by atoms with E-state index in [1.165, 1.54) is 6.08 Å². The minimum Gasteiger partial charge on any atom is -0.391 e. The first-order valence-electron chi connectivity index (χ1n) is 6.86. The predicted molar refractivity (Wildman–Crippen MR) is 76.6 cm³/mol. The van der Waals surface area contributed by atoms with E-state index in [0.717, 1.165) is 31.2 Å². The molecule has 4 nitrogen and oxygen atoms in total. The van der Waals surface area contributed by atoms with Crippen LogP contribution in [-0.2, 0) is 4.79 Å². The van der Waals surface area contributed by atoms with Gasteiger partial charge in [0, 0.05) is 6.08 Å². The Hall–Kier alpha value is -2.12. The van der Waals surface area contributed by atoms with Crippen LogP contribution in [0.15, 0.2) is 30.3 Å². The summed E-state index contributed by atoms with van der Waals surface area (Å²) in [5.74, 6) is -0.210. The van der Waals surface area contributed by atoms with E-state index in [0.29, 0.717) is 5.56 Å². The second kappa shape index (κ2) is 6.88. The molecular weight excluding hydrogens is 252 g/mol. The molecule has 0 bridgehead atoms. The van der Waals surface area contributed by atoms with Crippen molar-refractivity contribution < 1.29 is 9.90 Å². The Bertz CT molecular complexity index is 546. The zero-order chi connectivity index (χ0) is 14.4. The van der Waals surface area contributed by atoms with E-state index < -0.39 is 6.10 Å². The fourth-order valence-electron chi connectivity index (χ4n) is 2.39. The van der Waals surface area contributed by atoms with Crippen LogP contribution in [-0.4, -0.2) is 23.2 Å². The molecule has 0 spiro atoms. The Morgan fingerprint density at radius 1 is 1.40 bits per heavy atom. The number of rotatable bonds is 3. The predicted octanol–water partition coefficient (Wildman–Crippen LogP) is 1.99. The first-order chi connectivity index (χ1) is 9.69. The van der Waals surface area contributed by atoms with Crippen molar-refractivity contribution in [3.05, 3.63) is 41.5 Å². The Balaban J connectivity index is 1.93. The molecule has 0 heterocycles. The Morgan fingerprint density at radius 3 is 2.95 bits per heavy atom. The SMILES string of the molecule is N#Cc1cccc(/C=C/C(=O)N[C@H]2CCCC[C@@H]2O)c1. The quantitative estimate of drug-likeness (QED) is 0.825. The van der Waals surface area contributed by atoms with Gasteiger partial charge in [-0.1, -0.05) is 25.0 Å². The molecule has 104 valence electrons. The van der Waals surface area contributed by atoms with Gasteiger partial charge in [-0.25, -0.2) is 0 Å². The topological polar surface area (TPSA) is 73.1 Å². The molecule has 1 saturated carbocycles. The largest absolute Gasteiger partial charge is 0.391 e. The second-order valence-electron chi connectivity index (χ2n) is 5.04. The zero-order valence-electron chi connectivity index (χ0n) is 11.2. The van der Waals surface area contributed by atoms with Gasteiger partial charge in [-0.05, 0) is 36.6 Å². The molecule has 20 heavy (non-hydrogen) atoms. The molecule has 1 aliphatic rings. The molecule has 1 aromatic rings. The van der Waals surface area contributed by atoms with E-state index in [1.54, 1.807) is 24.3 Å². The second-order valence-corrected chi connectivity index (χ2v) is 5.04. The molecule has 4 heteroatoms. The van der Waals surface area contributed by atoms with Crippen molar-refractivity contribution in [2.45, 2.75) is 37.8 Å². The van der Waals surface area contributed by atoms with Crippen LogP contribution in [0.1, 0.15) is 36.8 Å². The zero-order valence-corrected chi connectivity index (χ0v) is 11.2. The molecule has 1 amide bonds. The van der Waals surface area contributed by atoms with Gasteiger partial charge in [-0.15, -0.1) is 0 Å². The van der Waals surface area contributed by atoms with Crippen molar-refractivity contribution in [1.82, 2.24) is 5.32 Å². The Kier molecular flexibility index (Phi) is 4.91. The van der Waals surface area contributed by atoms with Crippen LogP contribution >= 0.6 is 0 Å². The lowest BCUT2D eigenvalue weighted by atomic mass is 9.92. The van der Waals surface area contributed by atoms with Crippen molar-refractivity contribution in [3.63, 3.8) is 0 Å². The Morgan fingerprint density at radius 2 is 2.20 bits per heavy atom. The third-order valence-corrected chi connectivity index (χ3v) is 3.50. The van der Waals surface area contributed by atoms with Gasteiger partial charge in [0.1, 0.15) is 0 Å². The van der Waals surface area contributed by atoms with E-state index >= 15 is 0 Å². The summed E-state index contributed by atoms with van der Waals surface area (Å²) in [6.07, 6.45) is 6.30. The van der Waals surface area contributed by atoms with Crippen LogP contribution in [0, 0.1) is 11.3 Å². The van der Waals surface area contributed by atoms with Crippen molar-refractivity contribution in [1.29, 1.82) is 5.26 Å².